The molecule has 9 nitrogen and oxygen atoms in total. The van der Waals surface area contributed by atoms with Gasteiger partial charge in [0.15, 0.2) is 0 Å². The molecule has 1 amide bonds. The Morgan fingerprint density at radius 3 is 2.26 bits per heavy atom. The molecule has 1 saturated heterocycles. The monoisotopic (exact) mass is 319 g/mol. The largest absolute Gasteiger partial charge is 0.480 e. The van der Waals surface area contributed by atoms with Gasteiger partial charge in [-0.1, -0.05) is 0 Å². The summed E-state index contributed by atoms with van der Waals surface area (Å²) in [5, 5.41) is 7.06. The minimum atomic E-state index is -5.04. The first kappa shape index (κ1) is 15.8. The van der Waals surface area contributed by atoms with E-state index < -0.39 is 62.2 Å². The second kappa shape index (κ2) is 5.02. The Bertz CT molecular complexity index is 597. The van der Waals surface area contributed by atoms with E-state index in [4.69, 9.17) is 9.66 Å². The number of carboxylic acid groups (broad SMARTS) is 1. The van der Waals surface area contributed by atoms with Crippen LogP contribution in [-0.2, 0) is 29.9 Å². The Morgan fingerprint density at radius 1 is 1.42 bits per heavy atom. The minimum Gasteiger partial charge on any atom is -0.480 e. The highest BCUT2D eigenvalue weighted by atomic mass is 32.3. The third-order valence-electron chi connectivity index (χ3n) is 2.55. The van der Waals surface area contributed by atoms with Gasteiger partial charge in [-0.2, -0.15) is 16.8 Å². The van der Waals surface area contributed by atoms with Gasteiger partial charge in [0.05, 0.1) is 0 Å². The molecule has 1 rings (SSSR count). The summed E-state index contributed by atoms with van der Waals surface area (Å²) < 4.78 is 63.9. The van der Waals surface area contributed by atoms with Crippen molar-refractivity contribution in [1.82, 2.24) is 4.90 Å². The van der Waals surface area contributed by atoms with Crippen molar-refractivity contribution in [2.45, 2.75) is 17.7 Å². The molecule has 1 aliphatic rings. The first-order chi connectivity index (χ1) is 8.42. The maximum Gasteiger partial charge on any atom is 0.327 e. The van der Waals surface area contributed by atoms with Crippen LogP contribution in [0.1, 0.15) is 6.42 Å². The fourth-order valence-corrected chi connectivity index (χ4v) is 3.08. The number of amides is 1. The quantitative estimate of drug-likeness (QED) is 0.447. The van der Waals surface area contributed by atoms with Gasteiger partial charge in [-0.05, 0) is 0 Å². The zero-order valence-electron chi connectivity index (χ0n) is 9.26. The van der Waals surface area contributed by atoms with Gasteiger partial charge in [-0.25, -0.2) is 4.79 Å². The van der Waals surface area contributed by atoms with Crippen molar-refractivity contribution in [2.24, 2.45) is 0 Å². The molecule has 0 saturated carbocycles. The van der Waals surface area contributed by atoms with Gasteiger partial charge in [0.25, 0.3) is 10.1 Å². The van der Waals surface area contributed by atoms with Crippen LogP contribution in [0.3, 0.4) is 0 Å². The summed E-state index contributed by atoms with van der Waals surface area (Å²) in [6.07, 6.45) is -0.770. The Balaban J connectivity index is 3.00. The molecule has 2 unspecified atom stereocenters. The first-order valence-electron chi connectivity index (χ1n) is 4.82. The number of nitrogens with zero attached hydrogens (tertiary/aromatic N) is 1. The molecule has 1 fully saturated rings. The van der Waals surface area contributed by atoms with Crippen LogP contribution in [0.25, 0.3) is 0 Å². The van der Waals surface area contributed by atoms with Gasteiger partial charge < -0.3 is 10.0 Å². The highest BCUT2D eigenvalue weighted by Gasteiger charge is 2.44. The van der Waals surface area contributed by atoms with Crippen molar-refractivity contribution in [3.05, 3.63) is 0 Å². The van der Waals surface area contributed by atoms with E-state index in [2.05, 4.69) is 0 Å². The standard InChI is InChI=1S/C7H10FNO8S2/c8-19(16,17)4-1-6(10)9(2-4)5(7(11)12)3-18(13,14)15/h4-5H,1-3H2,(H,11,12)(H,13,14,15). The van der Waals surface area contributed by atoms with Crippen molar-refractivity contribution >= 4 is 32.2 Å². The van der Waals surface area contributed by atoms with E-state index in [0.717, 1.165) is 0 Å². The van der Waals surface area contributed by atoms with E-state index in [9.17, 15) is 30.3 Å². The number of hydrogen-bond donors (Lipinski definition) is 2. The number of aliphatic carboxylic acids is 1. The maximum atomic E-state index is 12.7. The number of rotatable bonds is 5. The lowest BCUT2D eigenvalue weighted by atomic mass is 10.3. The fraction of sp³-hybridized carbons (Fsp3) is 0.714. The third kappa shape index (κ3) is 4.11. The van der Waals surface area contributed by atoms with Gasteiger partial charge >= 0.3 is 16.2 Å². The molecule has 110 valence electrons. The molecule has 2 atom stereocenters. The predicted octanol–water partition coefficient (Wildman–Crippen LogP) is -1.77. The van der Waals surface area contributed by atoms with E-state index in [1.54, 1.807) is 0 Å². The van der Waals surface area contributed by atoms with E-state index in [1.165, 1.54) is 0 Å². The molecular weight excluding hydrogens is 309 g/mol. The topological polar surface area (TPSA) is 146 Å². The average Bonchev–Trinajstić information content (AvgIpc) is 2.54. The molecule has 0 aromatic rings. The number of halogens is 1. The van der Waals surface area contributed by atoms with E-state index in [1.807, 2.05) is 0 Å². The summed E-state index contributed by atoms with van der Waals surface area (Å²) in [4.78, 5) is 22.7. The van der Waals surface area contributed by atoms with Gasteiger partial charge in [0.2, 0.25) is 5.91 Å². The average molecular weight is 319 g/mol. The first-order valence-corrected chi connectivity index (χ1v) is 7.88. The number of carboxylic acids is 1. The molecule has 19 heavy (non-hydrogen) atoms. The van der Waals surface area contributed by atoms with Crippen LogP contribution < -0.4 is 0 Å². The van der Waals surface area contributed by atoms with Crippen LogP contribution in [0.4, 0.5) is 3.89 Å². The molecule has 1 aliphatic heterocycles. The number of carbonyl (C=O) groups is 2. The molecule has 2 N–H and O–H groups in total. The van der Waals surface area contributed by atoms with Crippen LogP contribution in [0.5, 0.6) is 0 Å². The van der Waals surface area contributed by atoms with Crippen LogP contribution in [0.2, 0.25) is 0 Å². The lowest BCUT2D eigenvalue weighted by Crippen LogP contribution is -2.46. The van der Waals surface area contributed by atoms with Crippen molar-refractivity contribution in [3.63, 3.8) is 0 Å². The molecule has 12 heteroatoms. The zero-order valence-corrected chi connectivity index (χ0v) is 10.9. The summed E-state index contributed by atoms with van der Waals surface area (Å²) in [5.74, 6) is -4.06. The third-order valence-corrected chi connectivity index (χ3v) is 4.40. The smallest absolute Gasteiger partial charge is 0.327 e. The van der Waals surface area contributed by atoms with Crippen molar-refractivity contribution in [1.29, 1.82) is 0 Å². The summed E-state index contributed by atoms with van der Waals surface area (Å²) >= 11 is 0. The van der Waals surface area contributed by atoms with Gasteiger partial charge in [0.1, 0.15) is 17.0 Å². The Labute approximate surface area is 108 Å². The predicted molar refractivity (Wildman–Crippen MR) is 58.0 cm³/mol. The van der Waals surface area contributed by atoms with Crippen LogP contribution in [0, 0.1) is 0 Å². The van der Waals surface area contributed by atoms with Crippen molar-refractivity contribution in [3.8, 4) is 0 Å². The highest BCUT2D eigenvalue weighted by molar-refractivity contribution is 7.87. The molecule has 0 spiro atoms. The number of hydrogen-bond acceptors (Lipinski definition) is 6. The molecule has 0 radical (unpaired) electrons. The molecule has 0 aromatic heterocycles. The number of likely N-dealkylation sites (tertiary alicyclic amines) is 1. The maximum absolute atomic E-state index is 12.7. The second-order valence-electron chi connectivity index (χ2n) is 3.95. The van der Waals surface area contributed by atoms with Gasteiger partial charge in [-0.3, -0.25) is 9.35 Å². The fourth-order valence-electron chi connectivity index (χ4n) is 1.68. The lowest BCUT2D eigenvalue weighted by Gasteiger charge is -2.23. The van der Waals surface area contributed by atoms with E-state index in [0.29, 0.717) is 4.90 Å². The minimum absolute atomic E-state index is 0.415. The summed E-state index contributed by atoms with van der Waals surface area (Å²) in [6, 6.07) is -1.96. The van der Waals surface area contributed by atoms with Crippen molar-refractivity contribution < 1.29 is 40.0 Å². The molecule has 1 heterocycles. The van der Waals surface area contributed by atoms with Crippen LogP contribution >= 0.6 is 0 Å². The molecule has 0 bridgehead atoms. The van der Waals surface area contributed by atoms with E-state index in [-0.39, 0.29) is 0 Å². The normalized spacial score (nSPS) is 22.5. The van der Waals surface area contributed by atoms with Gasteiger partial charge in [0, 0.05) is 13.0 Å². The Kier molecular flexibility index (Phi) is 4.17. The molecule has 0 aromatic carbocycles. The van der Waals surface area contributed by atoms with Crippen molar-refractivity contribution in [2.75, 3.05) is 12.3 Å². The van der Waals surface area contributed by atoms with E-state index >= 15 is 0 Å². The Morgan fingerprint density at radius 2 is 1.95 bits per heavy atom. The SMILES string of the molecule is O=C(O)C(CS(=O)(=O)O)N1CC(S(=O)(=O)F)CC1=O. The highest BCUT2D eigenvalue weighted by Crippen LogP contribution is 2.22. The zero-order chi connectivity index (χ0) is 15.0. The molecule has 0 aliphatic carbocycles. The summed E-state index contributed by atoms with van der Waals surface area (Å²) in [5.41, 5.74) is 0. The van der Waals surface area contributed by atoms with Crippen LogP contribution in [0.15, 0.2) is 0 Å². The lowest BCUT2D eigenvalue weighted by molar-refractivity contribution is -0.147. The molecular formula is C7H10FNO8S2. The second-order valence-corrected chi connectivity index (χ2v) is 7.07. The number of carbonyl (C=O) groups excluding carboxylic acids is 1. The summed E-state index contributed by atoms with van der Waals surface area (Å²) in [6.45, 7) is -0.774. The summed E-state index contributed by atoms with van der Waals surface area (Å²) in [7, 11) is -9.74. The Hall–Kier alpha value is -1.27. The van der Waals surface area contributed by atoms with Crippen LogP contribution in [-0.4, -0.2) is 66.9 Å². The van der Waals surface area contributed by atoms with Gasteiger partial charge in [-0.15, -0.1) is 3.89 Å².